The summed E-state index contributed by atoms with van der Waals surface area (Å²) in [6, 6.07) is -2.10. The minimum absolute atomic E-state index is 0.0155. The van der Waals surface area contributed by atoms with Crippen molar-refractivity contribution in [2.24, 2.45) is 0 Å². The molecular formula is C52H92N8O4. The molecule has 4 fully saturated rings. The number of amides is 8. The molecular weight excluding hydrogens is 801 g/mol. The second kappa shape index (κ2) is 17.0. The van der Waals surface area contributed by atoms with E-state index < -0.39 is 44.3 Å². The first kappa shape index (κ1) is 54.4. The van der Waals surface area contributed by atoms with E-state index in [2.05, 4.69) is 192 Å². The fourth-order valence-electron chi connectivity index (χ4n) is 11.0. The van der Waals surface area contributed by atoms with Gasteiger partial charge >= 0.3 is 24.1 Å². The van der Waals surface area contributed by atoms with Gasteiger partial charge in [0.1, 0.15) is 0 Å². The molecule has 0 bridgehead atoms. The first-order valence-corrected chi connectivity index (χ1v) is 23.4. The first-order valence-electron chi connectivity index (χ1n) is 23.4. The van der Waals surface area contributed by atoms with Crippen LogP contribution in [0, 0.1) is 0 Å². The van der Waals surface area contributed by atoms with E-state index in [1.807, 2.05) is 63.5 Å². The Hall–Kier alpha value is -3.96. The lowest BCUT2D eigenvalue weighted by atomic mass is 9.86. The van der Waals surface area contributed by atoms with E-state index in [0.29, 0.717) is 0 Å². The highest BCUT2D eigenvalue weighted by atomic mass is 16.2. The van der Waals surface area contributed by atoms with Crippen LogP contribution in [0.25, 0.3) is 0 Å². The molecule has 4 heterocycles. The minimum Gasteiger partial charge on any atom is -0.312 e. The van der Waals surface area contributed by atoms with Crippen molar-refractivity contribution in [1.29, 1.82) is 0 Å². The third-order valence-corrected chi connectivity index (χ3v) is 12.9. The van der Waals surface area contributed by atoms with E-state index >= 15 is 0 Å². The van der Waals surface area contributed by atoms with Crippen molar-refractivity contribution < 1.29 is 19.2 Å². The first-order chi connectivity index (χ1) is 28.4. The molecule has 8 amide bonds. The van der Waals surface area contributed by atoms with Crippen molar-refractivity contribution in [1.82, 2.24) is 39.2 Å². The van der Waals surface area contributed by atoms with Crippen LogP contribution in [0.4, 0.5) is 19.2 Å². The predicted octanol–water partition coefficient (Wildman–Crippen LogP) is 11.0. The van der Waals surface area contributed by atoms with Crippen molar-refractivity contribution in [3.05, 3.63) is 50.6 Å². The Kier molecular flexibility index (Phi) is 14.5. The molecule has 4 saturated heterocycles. The molecule has 0 radical (unpaired) electrons. The van der Waals surface area contributed by atoms with Crippen molar-refractivity contribution in [3.8, 4) is 0 Å². The average Bonchev–Trinajstić information content (AvgIpc) is 3.75. The molecule has 0 saturated carbocycles. The summed E-state index contributed by atoms with van der Waals surface area (Å²) >= 11 is 0. The van der Waals surface area contributed by atoms with Gasteiger partial charge in [-0.2, -0.15) is 0 Å². The lowest BCUT2D eigenvalue weighted by Gasteiger charge is -2.46. The Labute approximate surface area is 390 Å². The molecule has 0 spiro atoms. The molecule has 12 heteroatoms. The standard InChI is InChI=1S/2C26H46N4O2/c2*1-15-17-19(29(25(9,10)11)21(31)27(17)23(3,4)5)20-18(16-2)28(24(6,7)8)22(32)30(20)26(12,13)14/h2*15-20H,1-2H2,3-14H3/t2*17-,18-,19+,20+/m10/s1. The van der Waals surface area contributed by atoms with Gasteiger partial charge in [-0.05, 0) is 166 Å². The molecule has 4 rings (SSSR count). The van der Waals surface area contributed by atoms with Gasteiger partial charge in [0.2, 0.25) is 0 Å². The molecule has 4 aliphatic rings. The van der Waals surface area contributed by atoms with Gasteiger partial charge in [0.15, 0.2) is 0 Å². The van der Waals surface area contributed by atoms with Gasteiger partial charge in [-0.15, -0.1) is 26.3 Å². The van der Waals surface area contributed by atoms with Gasteiger partial charge in [0, 0.05) is 44.3 Å². The van der Waals surface area contributed by atoms with Crippen LogP contribution in [0.15, 0.2) is 50.6 Å². The highest BCUT2D eigenvalue weighted by Gasteiger charge is 2.65. The van der Waals surface area contributed by atoms with Crippen molar-refractivity contribution in [3.63, 3.8) is 0 Å². The molecule has 364 valence electrons. The Morgan fingerprint density at radius 2 is 0.375 bits per heavy atom. The summed E-state index contributed by atoms with van der Waals surface area (Å²) in [5.41, 5.74) is -3.30. The largest absolute Gasteiger partial charge is 0.321 e. The smallest absolute Gasteiger partial charge is 0.312 e. The summed E-state index contributed by atoms with van der Waals surface area (Å²) in [7, 11) is 0. The SMILES string of the molecule is C=C[C@@H]1[C@@H]([C@@H]2[C@@H](C=C)N(C(C)(C)C)C(=O)N2C(C)(C)C)N(C(C)(C)C)C(=O)N1C(C)(C)C.C=C[C@H]1[C@H]([C@H]2[C@H](C=C)N(C(C)(C)C)C(=O)N2C(C)(C)C)N(C(C)(C)C)C(=O)N1C(C)(C)C. The molecule has 0 aromatic carbocycles. The maximum atomic E-state index is 13.9. The van der Waals surface area contributed by atoms with Gasteiger partial charge in [-0.3, -0.25) is 0 Å². The van der Waals surface area contributed by atoms with Gasteiger partial charge in [-0.1, -0.05) is 24.3 Å². The quantitative estimate of drug-likeness (QED) is 0.248. The van der Waals surface area contributed by atoms with E-state index in [1.54, 1.807) is 0 Å². The van der Waals surface area contributed by atoms with Crippen LogP contribution in [-0.2, 0) is 0 Å². The number of nitrogens with zero attached hydrogens (tertiary/aromatic N) is 8. The second-order valence-corrected chi connectivity index (χ2v) is 26.3. The number of hydrogen-bond donors (Lipinski definition) is 0. The minimum atomic E-state index is -0.434. The van der Waals surface area contributed by atoms with Crippen molar-refractivity contribution in [2.45, 2.75) is 259 Å². The van der Waals surface area contributed by atoms with Crippen LogP contribution in [0.2, 0.25) is 0 Å². The summed E-state index contributed by atoms with van der Waals surface area (Å²) in [6.45, 7) is 66.0. The highest BCUT2D eigenvalue weighted by molar-refractivity contribution is 5.85. The predicted molar refractivity (Wildman–Crippen MR) is 265 cm³/mol. The second-order valence-electron chi connectivity index (χ2n) is 26.3. The average molecular weight is 893 g/mol. The van der Waals surface area contributed by atoms with Gasteiger partial charge in [-0.25, -0.2) is 19.2 Å². The van der Waals surface area contributed by atoms with Crippen LogP contribution in [0.1, 0.15) is 166 Å². The third kappa shape index (κ3) is 9.63. The lowest BCUT2D eigenvalue weighted by molar-refractivity contribution is 0.0560. The zero-order chi connectivity index (χ0) is 50.4. The Morgan fingerprint density at radius 3 is 0.453 bits per heavy atom. The molecule has 0 aliphatic carbocycles. The fraction of sp³-hybridized carbons (Fsp3) is 0.769. The van der Waals surface area contributed by atoms with Crippen LogP contribution in [0.3, 0.4) is 0 Å². The van der Waals surface area contributed by atoms with Crippen molar-refractivity contribution in [2.75, 3.05) is 0 Å². The highest BCUT2D eigenvalue weighted by Crippen LogP contribution is 2.47. The topological polar surface area (TPSA) is 94.2 Å². The van der Waals surface area contributed by atoms with E-state index in [0.717, 1.165) is 0 Å². The summed E-state index contributed by atoms with van der Waals surface area (Å²) in [4.78, 5) is 71.3. The Morgan fingerprint density at radius 1 is 0.266 bits per heavy atom. The lowest BCUT2D eigenvalue weighted by Crippen LogP contribution is -2.62. The summed E-state index contributed by atoms with van der Waals surface area (Å²) in [6.07, 6.45) is 7.52. The van der Waals surface area contributed by atoms with Gasteiger partial charge in [0.05, 0.1) is 48.3 Å². The number of carbonyl (C=O) groups is 4. The van der Waals surface area contributed by atoms with Gasteiger partial charge in [0.25, 0.3) is 0 Å². The Bertz CT molecular complexity index is 1550. The zero-order valence-electron chi connectivity index (χ0n) is 45.0. The van der Waals surface area contributed by atoms with E-state index in [4.69, 9.17) is 0 Å². The molecule has 0 N–H and O–H groups in total. The Balaban J connectivity index is 0.000000340. The maximum absolute atomic E-state index is 13.9. The van der Waals surface area contributed by atoms with Crippen LogP contribution < -0.4 is 0 Å². The van der Waals surface area contributed by atoms with Crippen LogP contribution in [-0.4, -0.2) is 156 Å². The van der Waals surface area contributed by atoms with E-state index in [1.165, 1.54) is 0 Å². The molecule has 0 aromatic rings. The third-order valence-electron chi connectivity index (χ3n) is 12.9. The van der Waals surface area contributed by atoms with Crippen LogP contribution >= 0.6 is 0 Å². The van der Waals surface area contributed by atoms with Crippen molar-refractivity contribution >= 4 is 24.1 Å². The van der Waals surface area contributed by atoms with Crippen LogP contribution in [0.5, 0.6) is 0 Å². The summed E-state index contributed by atoms with van der Waals surface area (Å²) in [5, 5.41) is 0. The number of hydrogen-bond acceptors (Lipinski definition) is 4. The monoisotopic (exact) mass is 893 g/mol. The fourth-order valence-corrected chi connectivity index (χ4v) is 11.0. The zero-order valence-corrected chi connectivity index (χ0v) is 45.0. The number of rotatable bonds is 6. The summed E-state index contributed by atoms with van der Waals surface area (Å²) < 4.78 is 0. The molecule has 8 atom stereocenters. The molecule has 12 nitrogen and oxygen atoms in total. The maximum Gasteiger partial charge on any atom is 0.321 e. The summed E-state index contributed by atoms with van der Waals surface area (Å²) in [5.74, 6) is 0. The number of urea groups is 4. The molecule has 64 heavy (non-hydrogen) atoms. The number of carbonyl (C=O) groups excluding carboxylic acids is 4. The van der Waals surface area contributed by atoms with E-state index in [-0.39, 0.29) is 72.5 Å². The molecule has 4 aliphatic heterocycles. The molecule has 0 unspecified atom stereocenters. The molecule has 0 aromatic heterocycles. The van der Waals surface area contributed by atoms with Gasteiger partial charge < -0.3 is 39.2 Å². The normalized spacial score (nSPS) is 28.1. The van der Waals surface area contributed by atoms with E-state index in [9.17, 15) is 19.2 Å².